The van der Waals surface area contributed by atoms with Crippen LogP contribution in [0.2, 0.25) is 0 Å². The summed E-state index contributed by atoms with van der Waals surface area (Å²) in [6.07, 6.45) is 8.36. The van der Waals surface area contributed by atoms with Gasteiger partial charge in [-0.3, -0.25) is 0 Å². The lowest BCUT2D eigenvalue weighted by molar-refractivity contribution is 0.0499. The number of nitrogens with one attached hydrogen (secondary N) is 3. The summed E-state index contributed by atoms with van der Waals surface area (Å²) in [5, 5.41) is 8.32. The van der Waals surface area contributed by atoms with Gasteiger partial charge >= 0.3 is 12.1 Å². The second-order valence-electron chi connectivity index (χ2n) is 7.17. The number of benzene rings is 1. The molecule has 1 unspecified atom stereocenters. The fourth-order valence-electron chi connectivity index (χ4n) is 2.23. The number of anilines is 1. The fraction of sp³-hybridized carbons (Fsp3) is 0.300. The molecule has 0 saturated heterocycles. The molecule has 3 amide bonds. The number of para-hydroxylation sites is 1. The van der Waals surface area contributed by atoms with E-state index in [1.165, 1.54) is 0 Å². The van der Waals surface area contributed by atoms with Crippen molar-refractivity contribution in [3.63, 3.8) is 0 Å². The minimum absolute atomic E-state index is 0.343. The maximum absolute atomic E-state index is 12.1. The minimum Gasteiger partial charge on any atom is -0.444 e. The number of allylic oxidation sites excluding steroid dienone is 3. The Morgan fingerprint density at radius 3 is 2.38 bits per heavy atom. The molecule has 26 heavy (non-hydrogen) atoms. The topological polar surface area (TPSA) is 79.5 Å². The summed E-state index contributed by atoms with van der Waals surface area (Å²) < 4.78 is 5.29. The van der Waals surface area contributed by atoms with Crippen molar-refractivity contribution < 1.29 is 14.3 Å². The molecule has 1 aromatic rings. The lowest BCUT2D eigenvalue weighted by Gasteiger charge is -2.26. The van der Waals surface area contributed by atoms with Crippen LogP contribution in [0, 0.1) is 0 Å². The summed E-state index contributed by atoms with van der Waals surface area (Å²) in [6.45, 7) is 7.26. The molecule has 0 spiro atoms. The van der Waals surface area contributed by atoms with Crippen LogP contribution in [0.3, 0.4) is 0 Å². The Morgan fingerprint density at radius 2 is 1.73 bits per heavy atom. The van der Waals surface area contributed by atoms with Crippen molar-refractivity contribution in [2.24, 2.45) is 0 Å². The fourth-order valence-corrected chi connectivity index (χ4v) is 2.23. The van der Waals surface area contributed by atoms with Crippen molar-refractivity contribution in [1.82, 2.24) is 10.6 Å². The zero-order valence-electron chi connectivity index (χ0n) is 15.5. The van der Waals surface area contributed by atoms with E-state index in [4.69, 9.17) is 4.74 Å². The van der Waals surface area contributed by atoms with Crippen molar-refractivity contribution >= 4 is 17.8 Å². The number of rotatable bonds is 3. The van der Waals surface area contributed by atoms with Gasteiger partial charge in [-0.05, 0) is 52.0 Å². The number of alkyl carbamates (subject to hydrolysis) is 1. The first-order chi connectivity index (χ1) is 12.2. The van der Waals surface area contributed by atoms with Gasteiger partial charge in [0.2, 0.25) is 0 Å². The van der Waals surface area contributed by atoms with Crippen LogP contribution >= 0.6 is 0 Å². The summed E-state index contributed by atoms with van der Waals surface area (Å²) in [4.78, 5) is 24.1. The second kappa shape index (κ2) is 7.91. The van der Waals surface area contributed by atoms with Crippen molar-refractivity contribution in [3.8, 4) is 0 Å². The lowest BCUT2D eigenvalue weighted by atomic mass is 10.0. The van der Waals surface area contributed by atoms with Gasteiger partial charge in [0.15, 0.2) is 0 Å². The number of ether oxygens (including phenoxy) is 1. The molecule has 0 fully saturated rings. The van der Waals surface area contributed by atoms with Crippen molar-refractivity contribution in [3.05, 3.63) is 66.4 Å². The van der Waals surface area contributed by atoms with E-state index in [1.807, 2.05) is 52.0 Å². The molecule has 6 nitrogen and oxygen atoms in total. The van der Waals surface area contributed by atoms with Crippen LogP contribution in [0.1, 0.15) is 27.7 Å². The molecule has 1 aromatic carbocycles. The molecule has 0 aliphatic heterocycles. The Morgan fingerprint density at radius 1 is 1.04 bits per heavy atom. The summed E-state index contributed by atoms with van der Waals surface area (Å²) >= 11 is 0. The number of hydrogen-bond donors (Lipinski definition) is 3. The molecule has 3 N–H and O–H groups in total. The molecule has 0 saturated carbocycles. The third-order valence-corrected chi connectivity index (χ3v) is 3.39. The van der Waals surface area contributed by atoms with Gasteiger partial charge in [-0.2, -0.15) is 0 Å². The first-order valence-electron chi connectivity index (χ1n) is 8.38. The zero-order valence-corrected chi connectivity index (χ0v) is 15.5. The van der Waals surface area contributed by atoms with Crippen molar-refractivity contribution in [2.75, 3.05) is 5.32 Å². The van der Waals surface area contributed by atoms with Gasteiger partial charge in [-0.1, -0.05) is 36.4 Å². The third-order valence-electron chi connectivity index (χ3n) is 3.39. The Hall–Kier alpha value is -3.02. The van der Waals surface area contributed by atoms with E-state index >= 15 is 0 Å². The molecule has 0 bridgehead atoms. The number of hydrogen-bond acceptors (Lipinski definition) is 3. The van der Waals surface area contributed by atoms with Gasteiger partial charge < -0.3 is 20.7 Å². The summed E-state index contributed by atoms with van der Waals surface area (Å²) in [6, 6.07) is 8.83. The predicted octanol–water partition coefficient (Wildman–Crippen LogP) is 4.10. The van der Waals surface area contributed by atoms with Crippen LogP contribution in [-0.4, -0.2) is 23.3 Å². The molecular weight excluding hydrogens is 330 g/mol. The first kappa shape index (κ1) is 19.3. The van der Waals surface area contributed by atoms with Crippen LogP contribution in [0.15, 0.2) is 66.4 Å². The first-order valence-corrected chi connectivity index (χ1v) is 8.38. The average Bonchev–Trinajstić information content (AvgIpc) is 2.68. The van der Waals surface area contributed by atoms with Crippen molar-refractivity contribution in [1.29, 1.82) is 0 Å². The van der Waals surface area contributed by atoms with Gasteiger partial charge in [0.25, 0.3) is 0 Å². The maximum atomic E-state index is 12.1. The highest BCUT2D eigenvalue weighted by molar-refractivity contribution is 5.90. The smallest absolute Gasteiger partial charge is 0.408 e. The molecule has 0 radical (unpaired) electrons. The summed E-state index contributed by atoms with van der Waals surface area (Å²) in [5.41, 5.74) is 0.0108. The quantitative estimate of drug-likeness (QED) is 0.764. The standard InChI is InChI=1S/C20H25N3O3/c1-19(2,3)26-18(25)23-20(4)13-8-11-16(12-14-20)22-17(24)21-15-9-6-5-7-10-15/h5-14H,1-4H3,(H,23,25)(H2,21,22,24). The van der Waals surface area contributed by atoms with E-state index in [1.54, 1.807) is 36.4 Å². The number of amides is 3. The molecule has 6 heteroatoms. The summed E-state index contributed by atoms with van der Waals surface area (Å²) in [5.74, 6) is 0. The Kier molecular flexibility index (Phi) is 5.87. The van der Waals surface area contributed by atoms with E-state index in [0.717, 1.165) is 0 Å². The van der Waals surface area contributed by atoms with E-state index < -0.39 is 17.2 Å². The maximum Gasteiger partial charge on any atom is 0.408 e. The minimum atomic E-state index is -0.724. The Labute approximate surface area is 154 Å². The third kappa shape index (κ3) is 6.47. The summed E-state index contributed by atoms with van der Waals surface area (Å²) in [7, 11) is 0. The SMILES string of the molecule is CC1(NC(=O)OC(C)(C)C)C=CC=C(NC(=O)Nc2ccccc2)C=C1. The van der Waals surface area contributed by atoms with Gasteiger partial charge in [0, 0.05) is 11.4 Å². The zero-order chi connectivity index (χ0) is 19.2. The van der Waals surface area contributed by atoms with Gasteiger partial charge in [-0.15, -0.1) is 0 Å². The van der Waals surface area contributed by atoms with Gasteiger partial charge in [0.05, 0.1) is 5.54 Å². The predicted molar refractivity (Wildman–Crippen MR) is 103 cm³/mol. The molecule has 0 heterocycles. The normalized spacial score (nSPS) is 19.2. The van der Waals surface area contributed by atoms with Crippen LogP contribution in [0.5, 0.6) is 0 Å². The monoisotopic (exact) mass is 355 g/mol. The molecule has 1 aliphatic rings. The highest BCUT2D eigenvalue weighted by Gasteiger charge is 2.25. The molecule has 2 rings (SSSR count). The number of carbonyl (C=O) groups is 2. The van der Waals surface area contributed by atoms with E-state index in [0.29, 0.717) is 11.4 Å². The van der Waals surface area contributed by atoms with Crippen molar-refractivity contribution in [2.45, 2.75) is 38.8 Å². The molecular formula is C20H25N3O3. The van der Waals surface area contributed by atoms with E-state index in [-0.39, 0.29) is 6.03 Å². The van der Waals surface area contributed by atoms with Crippen LogP contribution in [0.4, 0.5) is 15.3 Å². The Bertz CT molecular complexity index is 745. The van der Waals surface area contributed by atoms with Gasteiger partial charge in [0.1, 0.15) is 5.60 Å². The Balaban J connectivity index is 1.95. The molecule has 1 atom stereocenters. The number of carbonyl (C=O) groups excluding carboxylic acids is 2. The van der Waals surface area contributed by atoms with E-state index in [9.17, 15) is 9.59 Å². The number of urea groups is 1. The molecule has 0 aromatic heterocycles. The largest absolute Gasteiger partial charge is 0.444 e. The average molecular weight is 355 g/mol. The van der Waals surface area contributed by atoms with Gasteiger partial charge in [-0.25, -0.2) is 9.59 Å². The highest BCUT2D eigenvalue weighted by Crippen LogP contribution is 2.16. The van der Waals surface area contributed by atoms with E-state index in [2.05, 4.69) is 16.0 Å². The molecule has 138 valence electrons. The van der Waals surface area contributed by atoms with Crippen LogP contribution < -0.4 is 16.0 Å². The lowest BCUT2D eigenvalue weighted by Crippen LogP contribution is -2.45. The second-order valence-corrected chi connectivity index (χ2v) is 7.17. The van der Waals surface area contributed by atoms with Crippen LogP contribution in [0.25, 0.3) is 0 Å². The highest BCUT2D eigenvalue weighted by atomic mass is 16.6. The van der Waals surface area contributed by atoms with Crippen LogP contribution in [-0.2, 0) is 4.74 Å². The molecule has 1 aliphatic carbocycles.